The molecular formula is C13H17N5O3. The number of nitrogens with zero attached hydrogens (tertiary/aromatic N) is 4. The Labute approximate surface area is 121 Å². The predicted octanol–water partition coefficient (Wildman–Crippen LogP) is 1.16. The normalized spacial score (nSPS) is 12.0. The summed E-state index contributed by atoms with van der Waals surface area (Å²) in [6.45, 7) is 4.10. The lowest BCUT2D eigenvalue weighted by atomic mass is 10.1. The maximum Gasteiger partial charge on any atom is 0.330 e. The topological polar surface area (TPSA) is 102 Å². The zero-order chi connectivity index (χ0) is 15.4. The van der Waals surface area contributed by atoms with E-state index in [1.165, 1.54) is 12.5 Å². The highest BCUT2D eigenvalue weighted by Crippen LogP contribution is 2.25. The summed E-state index contributed by atoms with van der Waals surface area (Å²) in [4.78, 5) is 19.6. The molecule has 0 saturated heterocycles. The summed E-state index contributed by atoms with van der Waals surface area (Å²) in [6.07, 6.45) is 4.49. The van der Waals surface area contributed by atoms with Gasteiger partial charge >= 0.3 is 5.97 Å². The first-order valence-electron chi connectivity index (χ1n) is 6.45. The molecule has 0 fully saturated rings. The molecule has 1 atom stereocenters. The molecule has 0 amide bonds. The molecule has 8 nitrogen and oxygen atoms in total. The first-order chi connectivity index (χ1) is 10.0. The van der Waals surface area contributed by atoms with Crippen molar-refractivity contribution in [2.75, 3.05) is 11.9 Å². The van der Waals surface area contributed by atoms with E-state index < -0.39 is 12.0 Å². The van der Waals surface area contributed by atoms with E-state index in [-0.39, 0.29) is 0 Å². The number of hydrogen-bond donors (Lipinski definition) is 2. The second-order valence-corrected chi connectivity index (χ2v) is 4.45. The number of anilines is 1. The minimum Gasteiger partial charge on any atom is -0.479 e. The molecule has 2 N–H and O–H groups in total. The van der Waals surface area contributed by atoms with Gasteiger partial charge in [-0.25, -0.2) is 14.8 Å². The van der Waals surface area contributed by atoms with Gasteiger partial charge in [-0.3, -0.25) is 4.68 Å². The van der Waals surface area contributed by atoms with Crippen LogP contribution in [0.1, 0.15) is 24.1 Å². The largest absolute Gasteiger partial charge is 0.479 e. The average Bonchev–Trinajstić information content (AvgIpc) is 2.86. The van der Waals surface area contributed by atoms with Crippen LogP contribution in [-0.4, -0.2) is 37.4 Å². The highest BCUT2D eigenvalue weighted by Gasteiger charge is 2.23. The van der Waals surface area contributed by atoms with Gasteiger partial charge in [-0.2, -0.15) is 5.10 Å². The van der Waals surface area contributed by atoms with Gasteiger partial charge in [0, 0.05) is 18.8 Å². The standard InChI is InChI=1S/C13H17N5O3/c1-4-21-12-8(2)11(14-7-15-12)17-10(13(19)20)9-5-16-18(3)6-9/h5-7,10H,4H2,1-3H3,(H,19,20)(H,14,15,17). The number of carboxylic acids is 1. The van der Waals surface area contributed by atoms with E-state index in [2.05, 4.69) is 20.4 Å². The minimum absolute atomic E-state index is 0.421. The lowest BCUT2D eigenvalue weighted by Gasteiger charge is -2.16. The van der Waals surface area contributed by atoms with Crippen LogP contribution in [0, 0.1) is 6.92 Å². The third-order valence-electron chi connectivity index (χ3n) is 2.91. The number of ether oxygens (including phenoxy) is 1. The summed E-state index contributed by atoms with van der Waals surface area (Å²) in [7, 11) is 1.73. The molecule has 21 heavy (non-hydrogen) atoms. The van der Waals surface area contributed by atoms with Crippen molar-refractivity contribution in [3.05, 3.63) is 29.8 Å². The lowest BCUT2D eigenvalue weighted by molar-refractivity contribution is -0.138. The third-order valence-corrected chi connectivity index (χ3v) is 2.91. The highest BCUT2D eigenvalue weighted by atomic mass is 16.5. The van der Waals surface area contributed by atoms with Crippen LogP contribution in [0.4, 0.5) is 5.82 Å². The Morgan fingerprint density at radius 2 is 2.29 bits per heavy atom. The van der Waals surface area contributed by atoms with E-state index in [0.717, 1.165) is 0 Å². The summed E-state index contributed by atoms with van der Waals surface area (Å²) < 4.78 is 6.92. The zero-order valence-corrected chi connectivity index (χ0v) is 12.1. The van der Waals surface area contributed by atoms with Crippen LogP contribution in [0.15, 0.2) is 18.7 Å². The fourth-order valence-corrected chi connectivity index (χ4v) is 1.88. The number of nitrogens with one attached hydrogen (secondary N) is 1. The van der Waals surface area contributed by atoms with Crippen LogP contribution < -0.4 is 10.1 Å². The molecule has 0 aliphatic rings. The first kappa shape index (κ1) is 14.8. The smallest absolute Gasteiger partial charge is 0.330 e. The molecule has 0 spiro atoms. The van der Waals surface area contributed by atoms with Crippen molar-refractivity contribution in [3.8, 4) is 5.88 Å². The second kappa shape index (κ2) is 6.21. The zero-order valence-electron chi connectivity index (χ0n) is 12.1. The van der Waals surface area contributed by atoms with E-state index in [0.29, 0.717) is 29.4 Å². The predicted molar refractivity (Wildman–Crippen MR) is 75.1 cm³/mol. The van der Waals surface area contributed by atoms with Crippen molar-refractivity contribution in [1.29, 1.82) is 0 Å². The summed E-state index contributed by atoms with van der Waals surface area (Å²) in [5.41, 5.74) is 1.20. The molecule has 0 aliphatic heterocycles. The molecule has 2 aromatic heterocycles. The summed E-state index contributed by atoms with van der Waals surface area (Å²) in [5.74, 6) is -0.158. The van der Waals surface area contributed by atoms with Crippen LogP contribution in [0.5, 0.6) is 5.88 Å². The van der Waals surface area contributed by atoms with Gasteiger partial charge in [0.15, 0.2) is 6.04 Å². The third kappa shape index (κ3) is 3.28. The van der Waals surface area contributed by atoms with E-state index in [1.54, 1.807) is 24.9 Å². The first-order valence-corrected chi connectivity index (χ1v) is 6.45. The number of rotatable bonds is 6. The number of aromatic nitrogens is 4. The summed E-state index contributed by atoms with van der Waals surface area (Å²) >= 11 is 0. The molecule has 1 unspecified atom stereocenters. The van der Waals surface area contributed by atoms with Crippen LogP contribution in [-0.2, 0) is 11.8 Å². The number of aliphatic carboxylic acids is 1. The van der Waals surface area contributed by atoms with Gasteiger partial charge in [-0.15, -0.1) is 0 Å². The monoisotopic (exact) mass is 291 g/mol. The summed E-state index contributed by atoms with van der Waals surface area (Å²) in [5, 5.41) is 16.3. The number of hydrogen-bond acceptors (Lipinski definition) is 6. The van der Waals surface area contributed by atoms with Crippen molar-refractivity contribution >= 4 is 11.8 Å². The Morgan fingerprint density at radius 1 is 1.52 bits per heavy atom. The van der Waals surface area contributed by atoms with E-state index in [4.69, 9.17) is 4.74 Å². The minimum atomic E-state index is -1.01. The molecule has 0 saturated carbocycles. The van der Waals surface area contributed by atoms with Crippen molar-refractivity contribution in [2.45, 2.75) is 19.9 Å². The Bertz CT molecular complexity index is 640. The molecule has 0 aromatic carbocycles. The Morgan fingerprint density at radius 3 is 2.86 bits per heavy atom. The number of carbonyl (C=O) groups is 1. The van der Waals surface area contributed by atoms with Crippen LogP contribution in [0.3, 0.4) is 0 Å². The molecule has 0 bridgehead atoms. The number of aryl methyl sites for hydroxylation is 1. The Kier molecular flexibility index (Phi) is 4.36. The lowest BCUT2D eigenvalue weighted by Crippen LogP contribution is -2.21. The highest BCUT2D eigenvalue weighted by molar-refractivity contribution is 5.79. The quantitative estimate of drug-likeness (QED) is 0.823. The molecular weight excluding hydrogens is 274 g/mol. The fourth-order valence-electron chi connectivity index (χ4n) is 1.88. The summed E-state index contributed by atoms with van der Waals surface area (Å²) in [6, 6.07) is -0.943. The molecule has 2 rings (SSSR count). The van der Waals surface area contributed by atoms with Gasteiger partial charge in [0.25, 0.3) is 0 Å². The van der Waals surface area contributed by atoms with Crippen LogP contribution in [0.25, 0.3) is 0 Å². The van der Waals surface area contributed by atoms with Crippen LogP contribution in [0.2, 0.25) is 0 Å². The Hall–Kier alpha value is -2.64. The van der Waals surface area contributed by atoms with E-state index in [9.17, 15) is 9.90 Å². The van der Waals surface area contributed by atoms with E-state index >= 15 is 0 Å². The van der Waals surface area contributed by atoms with Crippen molar-refractivity contribution in [1.82, 2.24) is 19.7 Å². The van der Waals surface area contributed by atoms with Crippen molar-refractivity contribution < 1.29 is 14.6 Å². The van der Waals surface area contributed by atoms with Gasteiger partial charge in [0.2, 0.25) is 5.88 Å². The van der Waals surface area contributed by atoms with Gasteiger partial charge in [-0.05, 0) is 13.8 Å². The van der Waals surface area contributed by atoms with E-state index in [1.807, 2.05) is 6.92 Å². The van der Waals surface area contributed by atoms with Gasteiger partial charge in [0.1, 0.15) is 12.1 Å². The maximum absolute atomic E-state index is 11.5. The van der Waals surface area contributed by atoms with Gasteiger partial charge in [0.05, 0.1) is 18.4 Å². The molecule has 0 radical (unpaired) electrons. The molecule has 112 valence electrons. The molecule has 8 heteroatoms. The molecule has 0 aliphatic carbocycles. The maximum atomic E-state index is 11.5. The fraction of sp³-hybridized carbons (Fsp3) is 0.385. The molecule has 2 aromatic rings. The number of carboxylic acid groups (broad SMARTS) is 1. The van der Waals surface area contributed by atoms with Gasteiger partial charge < -0.3 is 15.2 Å². The SMILES string of the molecule is CCOc1ncnc(NC(C(=O)O)c2cnn(C)c2)c1C. The molecule has 2 heterocycles. The Balaban J connectivity index is 2.29. The van der Waals surface area contributed by atoms with Crippen molar-refractivity contribution in [3.63, 3.8) is 0 Å². The van der Waals surface area contributed by atoms with Crippen LogP contribution >= 0.6 is 0 Å². The van der Waals surface area contributed by atoms with Gasteiger partial charge in [-0.1, -0.05) is 0 Å². The second-order valence-electron chi connectivity index (χ2n) is 4.45. The van der Waals surface area contributed by atoms with Crippen molar-refractivity contribution in [2.24, 2.45) is 7.05 Å². The average molecular weight is 291 g/mol.